The van der Waals surface area contributed by atoms with Gasteiger partial charge >= 0.3 is 0 Å². The topological polar surface area (TPSA) is 26.0 Å². The first kappa shape index (κ1) is 10.7. The maximum absolute atomic E-state index is 6.13. The summed E-state index contributed by atoms with van der Waals surface area (Å²) >= 11 is 5.33. The fourth-order valence-corrected chi connectivity index (χ4v) is 3.75. The van der Waals surface area contributed by atoms with Gasteiger partial charge in [-0.25, -0.2) is 0 Å². The van der Waals surface area contributed by atoms with Crippen LogP contribution in [0.25, 0.3) is 0 Å². The summed E-state index contributed by atoms with van der Waals surface area (Å²) in [5.74, 6) is 0.717. The van der Waals surface area contributed by atoms with Gasteiger partial charge in [-0.05, 0) is 47.2 Å². The molecule has 1 aliphatic carbocycles. The number of hydrogen-bond acceptors (Lipinski definition) is 2. The normalized spacial score (nSPS) is 27.9. The van der Waals surface area contributed by atoms with Gasteiger partial charge in [0.05, 0.1) is 0 Å². The molecule has 14 heavy (non-hydrogen) atoms. The van der Waals surface area contributed by atoms with Gasteiger partial charge < -0.3 is 5.73 Å². The van der Waals surface area contributed by atoms with Crippen molar-refractivity contribution in [2.75, 3.05) is 0 Å². The van der Waals surface area contributed by atoms with E-state index >= 15 is 0 Å². The molecule has 0 amide bonds. The standard InChI is InChI=1S/C11H16BrNS/c12-9-6-10(14-7-9)5-8-3-1-2-4-11(8)13/h6-8,11H,1-5,13H2. The van der Waals surface area contributed by atoms with Crippen molar-refractivity contribution >= 4 is 27.3 Å². The van der Waals surface area contributed by atoms with Gasteiger partial charge in [-0.2, -0.15) is 0 Å². The first-order chi connectivity index (χ1) is 6.75. The van der Waals surface area contributed by atoms with Gasteiger partial charge in [-0.1, -0.05) is 12.8 Å². The number of rotatable bonds is 2. The lowest BCUT2D eigenvalue weighted by molar-refractivity contribution is 0.307. The molecule has 0 bridgehead atoms. The minimum absolute atomic E-state index is 0.435. The SMILES string of the molecule is NC1CCCCC1Cc1cc(Br)cs1. The summed E-state index contributed by atoms with van der Waals surface area (Å²) in [6.07, 6.45) is 6.40. The molecule has 1 heterocycles. The van der Waals surface area contributed by atoms with Crippen LogP contribution in [0.3, 0.4) is 0 Å². The number of thiophene rings is 1. The third kappa shape index (κ3) is 2.59. The number of hydrogen-bond donors (Lipinski definition) is 1. The molecular formula is C11H16BrNS. The van der Waals surface area contributed by atoms with E-state index in [1.54, 1.807) is 0 Å². The van der Waals surface area contributed by atoms with Crippen molar-refractivity contribution in [2.45, 2.75) is 38.1 Å². The minimum Gasteiger partial charge on any atom is -0.327 e. The Labute approximate surface area is 97.8 Å². The average molecular weight is 274 g/mol. The van der Waals surface area contributed by atoms with Gasteiger partial charge in [0.2, 0.25) is 0 Å². The number of nitrogens with two attached hydrogens (primary N) is 1. The highest BCUT2D eigenvalue weighted by Gasteiger charge is 2.22. The van der Waals surface area contributed by atoms with Crippen LogP contribution in [0.15, 0.2) is 15.9 Å². The summed E-state index contributed by atoms with van der Waals surface area (Å²) < 4.78 is 1.21. The van der Waals surface area contributed by atoms with Crippen LogP contribution in [0.1, 0.15) is 30.6 Å². The molecule has 3 heteroatoms. The van der Waals surface area contributed by atoms with E-state index < -0.39 is 0 Å². The van der Waals surface area contributed by atoms with E-state index in [4.69, 9.17) is 5.73 Å². The molecule has 2 atom stereocenters. The smallest absolute Gasteiger partial charge is 0.0285 e. The maximum atomic E-state index is 6.13. The Bertz CT molecular complexity index is 297. The Balaban J connectivity index is 1.95. The molecule has 0 radical (unpaired) electrons. The lowest BCUT2D eigenvalue weighted by atomic mass is 9.83. The van der Waals surface area contributed by atoms with Crippen LogP contribution >= 0.6 is 27.3 Å². The Morgan fingerprint density at radius 1 is 1.43 bits per heavy atom. The van der Waals surface area contributed by atoms with Crippen LogP contribution in [-0.2, 0) is 6.42 Å². The van der Waals surface area contributed by atoms with Crippen LogP contribution in [-0.4, -0.2) is 6.04 Å². The highest BCUT2D eigenvalue weighted by atomic mass is 79.9. The fourth-order valence-electron chi connectivity index (χ4n) is 2.21. The molecule has 0 saturated heterocycles. The fraction of sp³-hybridized carbons (Fsp3) is 0.636. The van der Waals surface area contributed by atoms with E-state index in [0.717, 1.165) is 0 Å². The first-order valence-electron chi connectivity index (χ1n) is 5.24. The third-order valence-corrected chi connectivity index (χ3v) is 4.77. The molecule has 0 aliphatic heterocycles. The summed E-state index contributed by atoms with van der Waals surface area (Å²) in [5.41, 5.74) is 6.13. The third-order valence-electron chi connectivity index (χ3n) is 3.05. The Morgan fingerprint density at radius 3 is 2.86 bits per heavy atom. The molecule has 2 N–H and O–H groups in total. The van der Waals surface area contributed by atoms with Gasteiger partial charge in [0, 0.05) is 20.8 Å². The van der Waals surface area contributed by atoms with E-state index in [-0.39, 0.29) is 0 Å². The van der Waals surface area contributed by atoms with Crippen LogP contribution in [0.2, 0.25) is 0 Å². The summed E-state index contributed by atoms with van der Waals surface area (Å²) in [4.78, 5) is 1.47. The zero-order chi connectivity index (χ0) is 9.97. The molecule has 1 aromatic heterocycles. The Kier molecular flexibility index (Phi) is 3.63. The van der Waals surface area contributed by atoms with E-state index in [2.05, 4.69) is 27.4 Å². The molecule has 1 saturated carbocycles. The van der Waals surface area contributed by atoms with Crippen molar-refractivity contribution in [1.82, 2.24) is 0 Å². The second-order valence-corrected chi connectivity index (χ2v) is 6.06. The lowest BCUT2D eigenvalue weighted by Crippen LogP contribution is -2.34. The summed E-state index contributed by atoms with van der Waals surface area (Å²) in [6, 6.07) is 2.66. The van der Waals surface area contributed by atoms with Crippen molar-refractivity contribution < 1.29 is 0 Å². The molecule has 0 aromatic carbocycles. The van der Waals surface area contributed by atoms with Gasteiger partial charge in [-0.3, -0.25) is 0 Å². The van der Waals surface area contributed by atoms with E-state index in [9.17, 15) is 0 Å². The van der Waals surface area contributed by atoms with Crippen molar-refractivity contribution in [1.29, 1.82) is 0 Å². The van der Waals surface area contributed by atoms with Crippen molar-refractivity contribution in [3.05, 3.63) is 20.8 Å². The van der Waals surface area contributed by atoms with Crippen LogP contribution in [0, 0.1) is 5.92 Å². The largest absolute Gasteiger partial charge is 0.327 e. The highest BCUT2D eigenvalue weighted by Crippen LogP contribution is 2.29. The highest BCUT2D eigenvalue weighted by molar-refractivity contribution is 9.10. The summed E-state index contributed by atoms with van der Waals surface area (Å²) in [6.45, 7) is 0. The molecule has 0 spiro atoms. The van der Waals surface area contributed by atoms with E-state index in [1.165, 1.54) is 41.5 Å². The zero-order valence-electron chi connectivity index (χ0n) is 8.21. The average Bonchev–Trinajstić information content (AvgIpc) is 2.56. The quantitative estimate of drug-likeness (QED) is 0.876. The first-order valence-corrected chi connectivity index (χ1v) is 6.91. The molecular weight excluding hydrogens is 258 g/mol. The molecule has 1 aliphatic rings. The van der Waals surface area contributed by atoms with Crippen LogP contribution < -0.4 is 5.73 Å². The van der Waals surface area contributed by atoms with Crippen LogP contribution in [0.5, 0.6) is 0 Å². The summed E-state index contributed by atoms with van der Waals surface area (Å²) in [7, 11) is 0. The van der Waals surface area contributed by atoms with Crippen LogP contribution in [0.4, 0.5) is 0 Å². The molecule has 1 fully saturated rings. The molecule has 1 nitrogen and oxygen atoms in total. The molecule has 2 rings (SSSR count). The predicted octanol–water partition coefficient (Wildman–Crippen LogP) is 3.57. The number of halogens is 1. The van der Waals surface area contributed by atoms with Crippen molar-refractivity contribution in [2.24, 2.45) is 11.7 Å². The second kappa shape index (κ2) is 4.77. The monoisotopic (exact) mass is 273 g/mol. The summed E-state index contributed by atoms with van der Waals surface area (Å²) in [5, 5.41) is 2.16. The minimum atomic E-state index is 0.435. The Hall–Kier alpha value is 0.140. The molecule has 78 valence electrons. The Morgan fingerprint density at radius 2 is 2.21 bits per heavy atom. The van der Waals surface area contributed by atoms with Gasteiger partial charge in [-0.15, -0.1) is 11.3 Å². The molecule has 1 aromatic rings. The predicted molar refractivity (Wildman–Crippen MR) is 65.7 cm³/mol. The van der Waals surface area contributed by atoms with Gasteiger partial charge in [0.1, 0.15) is 0 Å². The van der Waals surface area contributed by atoms with Crippen molar-refractivity contribution in [3.63, 3.8) is 0 Å². The maximum Gasteiger partial charge on any atom is 0.0285 e. The van der Waals surface area contributed by atoms with E-state index in [0.29, 0.717) is 12.0 Å². The van der Waals surface area contributed by atoms with Gasteiger partial charge in [0.15, 0.2) is 0 Å². The lowest BCUT2D eigenvalue weighted by Gasteiger charge is -2.28. The molecule has 2 unspecified atom stereocenters. The zero-order valence-corrected chi connectivity index (χ0v) is 10.6. The van der Waals surface area contributed by atoms with E-state index in [1.807, 2.05) is 11.3 Å². The van der Waals surface area contributed by atoms with Gasteiger partial charge in [0.25, 0.3) is 0 Å². The second-order valence-electron chi connectivity index (χ2n) is 4.14. The van der Waals surface area contributed by atoms with Crippen molar-refractivity contribution in [3.8, 4) is 0 Å².